The maximum Gasteiger partial charge on any atom is 0.492 e. The normalized spacial score (nSPS) is 10.6. The molecular weight excluding hydrogens is 302 g/mol. The van der Waals surface area contributed by atoms with Crippen LogP contribution in [0.3, 0.4) is 0 Å². The fourth-order valence-electron chi connectivity index (χ4n) is 0.957. The van der Waals surface area contributed by atoms with Gasteiger partial charge in [-0.1, -0.05) is 4.49 Å². The van der Waals surface area contributed by atoms with Crippen LogP contribution in [0.4, 0.5) is 10.9 Å². The van der Waals surface area contributed by atoms with Gasteiger partial charge in [0.1, 0.15) is 17.2 Å². The SMILES string of the molecule is Nc1snnc1Cn1nc([N+](=O)[O-])nc1Br. The van der Waals surface area contributed by atoms with Crippen molar-refractivity contribution in [2.45, 2.75) is 6.54 Å². The Balaban J connectivity index is 2.28. The van der Waals surface area contributed by atoms with Gasteiger partial charge in [0.2, 0.25) is 0 Å². The zero-order valence-electron chi connectivity index (χ0n) is 7.57. The highest BCUT2D eigenvalue weighted by Crippen LogP contribution is 2.17. The molecule has 0 saturated heterocycles. The Morgan fingerprint density at radius 1 is 1.62 bits per heavy atom. The van der Waals surface area contributed by atoms with E-state index in [2.05, 4.69) is 35.6 Å². The van der Waals surface area contributed by atoms with Crippen molar-refractivity contribution in [3.8, 4) is 0 Å². The molecule has 0 aromatic carbocycles. The van der Waals surface area contributed by atoms with E-state index in [0.29, 0.717) is 10.7 Å². The summed E-state index contributed by atoms with van der Waals surface area (Å²) in [5, 5.41) is 18.3. The van der Waals surface area contributed by atoms with Crippen molar-refractivity contribution in [1.29, 1.82) is 0 Å². The number of nitrogens with two attached hydrogens (primary N) is 1. The quantitative estimate of drug-likeness (QED) is 0.643. The number of nitro groups is 1. The van der Waals surface area contributed by atoms with E-state index in [1.54, 1.807) is 0 Å². The third kappa shape index (κ3) is 1.99. The molecule has 9 nitrogen and oxygen atoms in total. The summed E-state index contributed by atoms with van der Waals surface area (Å²) in [6.45, 7) is 0.184. The zero-order chi connectivity index (χ0) is 11.7. The second-order valence-corrected chi connectivity index (χ2v) is 4.17. The predicted molar refractivity (Wildman–Crippen MR) is 57.8 cm³/mol. The zero-order valence-corrected chi connectivity index (χ0v) is 9.97. The van der Waals surface area contributed by atoms with Crippen LogP contribution in [0.1, 0.15) is 5.69 Å². The first-order valence-corrected chi connectivity index (χ1v) is 5.46. The van der Waals surface area contributed by atoms with Gasteiger partial charge in [0.15, 0.2) is 0 Å². The molecule has 0 spiro atoms. The summed E-state index contributed by atoms with van der Waals surface area (Å²) in [6, 6.07) is 0. The number of rotatable bonds is 3. The summed E-state index contributed by atoms with van der Waals surface area (Å²) in [5.74, 6) is -0.478. The number of anilines is 1. The van der Waals surface area contributed by atoms with Crippen molar-refractivity contribution in [1.82, 2.24) is 24.4 Å². The standard InChI is InChI=1S/C5H4BrN7O2S/c6-4-8-5(13(14)15)10-12(4)1-2-3(7)16-11-9-2/h1,7H2. The maximum absolute atomic E-state index is 10.4. The summed E-state index contributed by atoms with van der Waals surface area (Å²) >= 11 is 4.10. The van der Waals surface area contributed by atoms with Crippen LogP contribution in [0.2, 0.25) is 0 Å². The Hall–Kier alpha value is -1.62. The van der Waals surface area contributed by atoms with E-state index < -0.39 is 10.9 Å². The smallest absolute Gasteiger partial charge is 0.390 e. The highest BCUT2D eigenvalue weighted by molar-refractivity contribution is 9.10. The molecule has 84 valence electrons. The van der Waals surface area contributed by atoms with Crippen molar-refractivity contribution in [3.63, 3.8) is 0 Å². The van der Waals surface area contributed by atoms with Crippen LogP contribution < -0.4 is 5.73 Å². The molecule has 11 heteroatoms. The lowest BCUT2D eigenvalue weighted by molar-refractivity contribution is -0.394. The number of nitrogens with zero attached hydrogens (tertiary/aromatic N) is 6. The second-order valence-electron chi connectivity index (χ2n) is 2.68. The van der Waals surface area contributed by atoms with Crippen LogP contribution in [-0.4, -0.2) is 29.3 Å². The molecule has 0 unspecified atom stereocenters. The van der Waals surface area contributed by atoms with Crippen LogP contribution in [0.25, 0.3) is 0 Å². The molecule has 0 bridgehead atoms. The molecule has 0 fully saturated rings. The lowest BCUT2D eigenvalue weighted by Gasteiger charge is -1.93. The van der Waals surface area contributed by atoms with Crippen molar-refractivity contribution in [2.75, 3.05) is 5.73 Å². The molecule has 2 aromatic rings. The van der Waals surface area contributed by atoms with E-state index in [9.17, 15) is 10.1 Å². The van der Waals surface area contributed by atoms with Gasteiger partial charge in [-0.05, 0) is 9.91 Å². The Bertz CT molecular complexity index is 537. The average molecular weight is 306 g/mol. The van der Waals surface area contributed by atoms with Crippen molar-refractivity contribution in [2.24, 2.45) is 0 Å². The lowest BCUT2D eigenvalue weighted by Crippen LogP contribution is -2.05. The largest absolute Gasteiger partial charge is 0.492 e. The summed E-state index contributed by atoms with van der Waals surface area (Å²) in [6.07, 6.45) is 0. The number of hydrogen-bond donors (Lipinski definition) is 1. The Morgan fingerprint density at radius 2 is 2.38 bits per heavy atom. The van der Waals surface area contributed by atoms with Gasteiger partial charge in [-0.15, -0.1) is 5.10 Å². The molecule has 0 aliphatic rings. The topological polar surface area (TPSA) is 126 Å². The van der Waals surface area contributed by atoms with E-state index in [0.717, 1.165) is 11.5 Å². The molecule has 0 atom stereocenters. The van der Waals surface area contributed by atoms with Gasteiger partial charge in [-0.25, -0.2) is 0 Å². The Kier molecular flexibility index (Phi) is 2.78. The van der Waals surface area contributed by atoms with E-state index >= 15 is 0 Å². The monoisotopic (exact) mass is 305 g/mol. The van der Waals surface area contributed by atoms with Crippen LogP contribution in [0, 0.1) is 10.1 Å². The molecule has 0 aliphatic carbocycles. The molecule has 16 heavy (non-hydrogen) atoms. The van der Waals surface area contributed by atoms with Crippen LogP contribution >= 0.6 is 27.5 Å². The number of hydrogen-bond acceptors (Lipinski definition) is 8. The molecule has 0 saturated carbocycles. The van der Waals surface area contributed by atoms with Gasteiger partial charge in [-0.2, -0.15) is 4.68 Å². The van der Waals surface area contributed by atoms with Gasteiger partial charge >= 0.3 is 5.95 Å². The third-order valence-electron chi connectivity index (χ3n) is 1.66. The average Bonchev–Trinajstić information content (AvgIpc) is 2.76. The highest BCUT2D eigenvalue weighted by Gasteiger charge is 2.20. The molecule has 2 heterocycles. The summed E-state index contributed by atoms with van der Waals surface area (Å²) in [4.78, 5) is 13.4. The van der Waals surface area contributed by atoms with Gasteiger partial charge in [0, 0.05) is 32.6 Å². The summed E-state index contributed by atoms with van der Waals surface area (Å²) in [5.41, 5.74) is 6.09. The number of halogens is 1. The molecular formula is C5H4BrN7O2S. The van der Waals surface area contributed by atoms with E-state index in [1.807, 2.05) is 0 Å². The second kappa shape index (κ2) is 4.09. The molecule has 0 aliphatic heterocycles. The van der Waals surface area contributed by atoms with Gasteiger partial charge in [-0.3, -0.25) is 0 Å². The first-order valence-electron chi connectivity index (χ1n) is 3.89. The highest BCUT2D eigenvalue weighted by atomic mass is 79.9. The first-order chi connectivity index (χ1) is 7.58. The molecule has 0 radical (unpaired) electrons. The lowest BCUT2D eigenvalue weighted by atomic mass is 10.5. The minimum absolute atomic E-state index is 0.184. The van der Waals surface area contributed by atoms with Crippen molar-refractivity contribution < 1.29 is 4.92 Å². The van der Waals surface area contributed by atoms with E-state index in [4.69, 9.17) is 5.73 Å². The Morgan fingerprint density at radius 3 is 2.88 bits per heavy atom. The van der Waals surface area contributed by atoms with Crippen molar-refractivity contribution >= 4 is 38.4 Å². The first kappa shape index (κ1) is 10.9. The van der Waals surface area contributed by atoms with Crippen molar-refractivity contribution in [3.05, 3.63) is 20.5 Å². The fraction of sp³-hybridized carbons (Fsp3) is 0.200. The van der Waals surface area contributed by atoms with E-state index in [-0.39, 0.29) is 11.3 Å². The van der Waals surface area contributed by atoms with Gasteiger partial charge in [0.25, 0.3) is 4.73 Å². The maximum atomic E-state index is 10.4. The minimum Gasteiger partial charge on any atom is -0.390 e. The molecule has 2 aromatic heterocycles. The third-order valence-corrected chi connectivity index (χ3v) is 2.85. The minimum atomic E-state index is -0.677. The van der Waals surface area contributed by atoms with Crippen LogP contribution in [-0.2, 0) is 6.54 Å². The summed E-state index contributed by atoms with van der Waals surface area (Å²) < 4.78 is 5.17. The van der Waals surface area contributed by atoms with Crippen LogP contribution in [0.5, 0.6) is 0 Å². The summed E-state index contributed by atoms with van der Waals surface area (Å²) in [7, 11) is 0. The van der Waals surface area contributed by atoms with Crippen LogP contribution in [0.15, 0.2) is 4.73 Å². The molecule has 0 amide bonds. The molecule has 2 N–H and O–H groups in total. The Labute approximate surface area is 101 Å². The molecule has 2 rings (SSSR count). The fourth-order valence-corrected chi connectivity index (χ4v) is 1.76. The van der Waals surface area contributed by atoms with Gasteiger partial charge < -0.3 is 15.8 Å². The van der Waals surface area contributed by atoms with E-state index in [1.165, 1.54) is 4.68 Å². The van der Waals surface area contributed by atoms with Gasteiger partial charge in [0.05, 0.1) is 0 Å². The predicted octanol–water partition coefficient (Wildman–Crippen LogP) is 0.431. The number of nitrogen functional groups attached to an aromatic ring is 1. The number of aromatic nitrogens is 5.